The number of rotatable bonds is 11. The molecule has 0 radical (unpaired) electrons. The summed E-state index contributed by atoms with van der Waals surface area (Å²) in [5, 5.41) is 9.28. The average molecular weight is 1270 g/mol. The van der Waals surface area contributed by atoms with Crippen molar-refractivity contribution in [1.29, 1.82) is 0 Å². The lowest BCUT2D eigenvalue weighted by atomic mass is 9.50. The van der Waals surface area contributed by atoms with Crippen LogP contribution in [-0.2, 0) is 57.2 Å². The number of carbonyl (C=O) groups excluding carboxylic acids is 6. The number of hydrogen-bond acceptors (Lipinski definition) is 13. The molecule has 14 bridgehead atoms. The van der Waals surface area contributed by atoms with Crippen LogP contribution in [0.3, 0.4) is 0 Å². The highest BCUT2D eigenvalue weighted by Gasteiger charge is 2.75. The molecule has 14 saturated carbocycles. The maximum absolute atomic E-state index is 13.7. The van der Waals surface area contributed by atoms with E-state index in [4.69, 9.17) is 28.4 Å². The molecule has 14 aliphatic carbocycles. The monoisotopic (exact) mass is 1270 g/mol. The minimum Gasteiger partial charge on any atom is -0.459 e. The maximum Gasteiger partial charge on any atom is 0.426 e. The Morgan fingerprint density at radius 1 is 0.557 bits per heavy atom. The molecule has 0 amide bonds. The fourth-order valence-electron chi connectivity index (χ4n) is 21.2. The second-order valence-electron chi connectivity index (χ2n) is 30.2. The lowest BCUT2D eigenvalue weighted by Crippen LogP contribution is -2.59. The highest BCUT2D eigenvalue weighted by atomic mass is 19.4. The smallest absolute Gasteiger partial charge is 0.426 e. The molecule has 0 aromatic heterocycles. The van der Waals surface area contributed by atoms with Gasteiger partial charge in [-0.1, -0.05) is 27.4 Å². The van der Waals surface area contributed by atoms with E-state index in [0.717, 1.165) is 58.3 Å². The highest BCUT2D eigenvalue weighted by molar-refractivity contribution is 5.90. The van der Waals surface area contributed by atoms with E-state index in [9.17, 15) is 86.6 Å². The average Bonchev–Trinajstić information content (AvgIpc) is 1.55. The van der Waals surface area contributed by atoms with Crippen LogP contribution in [0.4, 0.5) is 52.7 Å². The molecule has 0 aromatic rings. The molecule has 16 rings (SSSR count). The Morgan fingerprint density at radius 3 is 1.30 bits per heavy atom. The number of carbonyl (C=O) groups is 6. The minimum atomic E-state index is -5.69. The quantitative estimate of drug-likeness (QED) is 0.0895. The Labute approximate surface area is 501 Å². The molecule has 18 unspecified atom stereocenters. The first-order valence-corrected chi connectivity index (χ1v) is 31.7. The first-order chi connectivity index (χ1) is 40.7. The molecule has 0 aromatic carbocycles. The van der Waals surface area contributed by atoms with Crippen LogP contribution < -0.4 is 0 Å². The van der Waals surface area contributed by atoms with Gasteiger partial charge in [-0.2, -0.15) is 52.7 Å². The van der Waals surface area contributed by atoms with E-state index in [0.29, 0.717) is 78.9 Å². The number of halogens is 12. The van der Waals surface area contributed by atoms with Gasteiger partial charge in [0.2, 0.25) is 0 Å². The number of aliphatic hydroxyl groups is 1. The summed E-state index contributed by atoms with van der Waals surface area (Å²) in [5.74, 6) is -6.26. The van der Waals surface area contributed by atoms with E-state index in [2.05, 4.69) is 6.58 Å². The molecule has 13 nitrogen and oxygen atoms in total. The second kappa shape index (κ2) is 21.1. The fraction of sp³-hybridized carbons (Fsp3) is 0.873. The highest BCUT2D eigenvalue weighted by Crippen LogP contribution is 2.66. The van der Waals surface area contributed by atoms with Crippen molar-refractivity contribution in [3.8, 4) is 0 Å². The molecule has 2 heterocycles. The van der Waals surface area contributed by atoms with Crippen molar-refractivity contribution < 1.29 is 115 Å². The number of hydrogen-bond donors (Lipinski definition) is 1. The van der Waals surface area contributed by atoms with Gasteiger partial charge in [-0.25, -0.2) is 4.79 Å². The third-order valence-corrected chi connectivity index (χ3v) is 26.2. The molecule has 18 atom stereocenters. The summed E-state index contributed by atoms with van der Waals surface area (Å²) in [6, 6.07) is 0. The molecule has 16 aliphatic rings. The van der Waals surface area contributed by atoms with Gasteiger partial charge >= 0.3 is 60.5 Å². The van der Waals surface area contributed by atoms with Gasteiger partial charge in [-0.15, -0.1) is 0 Å². The summed E-state index contributed by atoms with van der Waals surface area (Å²) < 4.78 is 190. The van der Waals surface area contributed by atoms with Crippen LogP contribution >= 0.6 is 0 Å². The molecular formula is C63H78F12O13. The van der Waals surface area contributed by atoms with Crippen LogP contribution in [0.2, 0.25) is 0 Å². The Bertz CT molecular complexity index is 2780. The molecule has 1 N–H and O–H groups in total. The summed E-state index contributed by atoms with van der Waals surface area (Å²) >= 11 is 0. The van der Waals surface area contributed by atoms with E-state index >= 15 is 0 Å². The first-order valence-electron chi connectivity index (χ1n) is 31.7. The van der Waals surface area contributed by atoms with Crippen LogP contribution in [0.15, 0.2) is 12.2 Å². The predicted octanol–water partition coefficient (Wildman–Crippen LogP) is 12.2. The topological polar surface area (TPSA) is 178 Å². The van der Waals surface area contributed by atoms with E-state index in [1.54, 1.807) is 0 Å². The van der Waals surface area contributed by atoms with Crippen LogP contribution in [0.5, 0.6) is 0 Å². The van der Waals surface area contributed by atoms with Crippen molar-refractivity contribution in [3.63, 3.8) is 0 Å². The molecule has 25 heteroatoms. The zero-order valence-electron chi connectivity index (χ0n) is 49.8. The molecule has 2 aliphatic heterocycles. The van der Waals surface area contributed by atoms with Gasteiger partial charge in [0.1, 0.15) is 41.2 Å². The van der Waals surface area contributed by atoms with Crippen LogP contribution in [0.25, 0.3) is 0 Å². The second-order valence-corrected chi connectivity index (χ2v) is 30.2. The van der Waals surface area contributed by atoms with Crippen LogP contribution in [0.1, 0.15) is 144 Å². The Morgan fingerprint density at radius 2 is 0.955 bits per heavy atom. The fourth-order valence-corrected chi connectivity index (χ4v) is 21.2. The zero-order valence-corrected chi connectivity index (χ0v) is 49.8. The van der Waals surface area contributed by atoms with Crippen molar-refractivity contribution in [3.05, 3.63) is 12.2 Å². The number of fused-ring (bicyclic) bond motifs is 4. The number of alkyl halides is 12. The van der Waals surface area contributed by atoms with Crippen molar-refractivity contribution >= 4 is 35.8 Å². The van der Waals surface area contributed by atoms with Crippen LogP contribution in [-0.4, -0.2) is 107 Å². The normalized spacial score (nSPS) is 46.3. The van der Waals surface area contributed by atoms with Gasteiger partial charge in [-0.05, 0) is 200 Å². The summed E-state index contributed by atoms with van der Waals surface area (Å²) in [7, 11) is 0. The summed E-state index contributed by atoms with van der Waals surface area (Å²) in [5.41, 5.74) is -10.0. The minimum absolute atomic E-state index is 0.115. The summed E-state index contributed by atoms with van der Waals surface area (Å²) in [6.45, 7) is 12.8. The van der Waals surface area contributed by atoms with Gasteiger partial charge in [-0.3, -0.25) is 24.0 Å². The van der Waals surface area contributed by atoms with Gasteiger partial charge < -0.3 is 33.5 Å². The van der Waals surface area contributed by atoms with E-state index in [1.807, 2.05) is 27.7 Å². The predicted molar refractivity (Wildman–Crippen MR) is 279 cm³/mol. The van der Waals surface area contributed by atoms with Gasteiger partial charge in [0.25, 0.3) is 5.60 Å². The Kier molecular flexibility index (Phi) is 15.3. The van der Waals surface area contributed by atoms with Crippen molar-refractivity contribution in [2.75, 3.05) is 0 Å². The molecule has 88 heavy (non-hydrogen) atoms. The molecule has 0 spiro atoms. The summed E-state index contributed by atoms with van der Waals surface area (Å²) in [4.78, 5) is 77.3. The third-order valence-electron chi connectivity index (χ3n) is 26.2. The lowest BCUT2D eigenvalue weighted by molar-refractivity contribution is -0.373. The van der Waals surface area contributed by atoms with E-state index < -0.39 is 167 Å². The molecule has 16 fully saturated rings. The molecule has 492 valence electrons. The first kappa shape index (κ1) is 63.8. The number of esters is 6. The van der Waals surface area contributed by atoms with Gasteiger partial charge in [0.05, 0.1) is 23.7 Å². The Hall–Kier alpha value is -4.32. The van der Waals surface area contributed by atoms with Gasteiger partial charge in [0, 0.05) is 23.7 Å². The van der Waals surface area contributed by atoms with Gasteiger partial charge in [0.15, 0.2) is 5.41 Å². The third kappa shape index (κ3) is 9.82. The van der Waals surface area contributed by atoms with Crippen LogP contribution in [0, 0.1) is 130 Å². The number of ether oxygens (including phenoxy) is 6. The summed E-state index contributed by atoms with van der Waals surface area (Å²) in [6.07, 6.45) is -13.9. The van der Waals surface area contributed by atoms with E-state index in [-0.39, 0.29) is 29.6 Å². The van der Waals surface area contributed by atoms with Crippen molar-refractivity contribution in [2.45, 2.75) is 210 Å². The Balaban J connectivity index is 0.000000134. The molecule has 2 saturated heterocycles. The SMILES string of the molecule is C=C(C(=O)OC1C2CC3C1OC(=O)C3C2C(=O)OC1(C)C2CC3CC(C2)CC1C3)C(F)(F)F.CC1C2CC(CC(O)(C(F)(F)F)C(F)(F)F)C(C2)C1C.CCC(C)(C(=O)OC1C2CC3C1OC(=O)C3C2C(=O)OC1(C)C2CC3CC(C2)CC1C3)C(F)(F)F. The standard InChI is InChI=1S/C26H33F3O6.C24H27F3O6.C13H18F6O/c1-4-24(2,26(27,28)29)23(32)34-20-16-10-15-17(21(30)33-19(15)20)18(16)22(31)35-25(3)13-6-11-5-12(8-13)9-14(25)7-11;1-9(24(25,26)27)20(28)31-18-15-8-14-16(21(29)32-19(14)18)17(15)22(30)33-23(2)12-4-10-3-11(6-12)7-13(23)5-10;1-6-7(2)10-4-8(6)3-9(10)5-11(20,12(14,15)16)13(17,18)19/h11-20H,4-10H2,1-3H3;10-19H,1,3-8H2,2H3;6-10,20H,3-5H2,1-2H3. The molecular weight excluding hydrogens is 1190 g/mol. The van der Waals surface area contributed by atoms with E-state index in [1.165, 1.54) is 19.8 Å². The van der Waals surface area contributed by atoms with Crippen molar-refractivity contribution in [1.82, 2.24) is 0 Å². The maximum atomic E-state index is 13.7. The zero-order chi connectivity index (χ0) is 64.0. The largest absolute Gasteiger partial charge is 0.459 e. The van der Waals surface area contributed by atoms with Crippen molar-refractivity contribution in [2.24, 2.45) is 130 Å². The lowest BCUT2D eigenvalue weighted by Gasteiger charge is -2.59.